The number of rotatable bonds is 6. The molecule has 1 atom stereocenters. The molecule has 0 aliphatic heterocycles. The van der Waals surface area contributed by atoms with E-state index in [0.29, 0.717) is 17.2 Å². The highest BCUT2D eigenvalue weighted by atomic mass is 32.2. The first-order chi connectivity index (χ1) is 9.03. The van der Waals surface area contributed by atoms with Crippen molar-refractivity contribution in [3.63, 3.8) is 0 Å². The monoisotopic (exact) mass is 290 g/mol. The van der Waals surface area contributed by atoms with Gasteiger partial charge in [-0.15, -0.1) is 0 Å². The third kappa shape index (κ3) is 3.83. The molecule has 106 valence electrons. The minimum Gasteiger partial charge on any atom is -0.493 e. The Morgan fingerprint density at radius 2 is 1.68 bits per heavy atom. The summed E-state index contributed by atoms with van der Waals surface area (Å²) in [7, 11) is 4.26. The second-order valence-electron chi connectivity index (χ2n) is 3.29. The third-order valence-electron chi connectivity index (χ3n) is 2.19. The van der Waals surface area contributed by atoms with Gasteiger partial charge in [-0.3, -0.25) is 0 Å². The molecule has 1 N–H and O–H groups in total. The Kier molecular flexibility index (Phi) is 5.58. The van der Waals surface area contributed by atoms with Crippen molar-refractivity contribution < 1.29 is 32.5 Å². The van der Waals surface area contributed by atoms with E-state index in [1.807, 2.05) is 0 Å². The van der Waals surface area contributed by atoms with Crippen LogP contribution in [0, 0.1) is 0 Å². The van der Waals surface area contributed by atoms with Gasteiger partial charge in [0.05, 0.1) is 26.9 Å². The quantitative estimate of drug-likeness (QED) is 0.618. The minimum atomic E-state index is -2.21. The van der Waals surface area contributed by atoms with Gasteiger partial charge in [-0.25, -0.2) is 9.00 Å². The minimum absolute atomic E-state index is 0.125. The maximum atomic E-state index is 11.7. The van der Waals surface area contributed by atoms with E-state index in [4.69, 9.17) is 18.8 Å². The van der Waals surface area contributed by atoms with Gasteiger partial charge in [-0.2, -0.15) is 0 Å². The molecular weight excluding hydrogens is 276 g/mol. The summed E-state index contributed by atoms with van der Waals surface area (Å²) in [5.74, 6) is -0.443. The molecular formula is C11H14O7S. The molecule has 0 heterocycles. The van der Waals surface area contributed by atoms with Gasteiger partial charge in [0.1, 0.15) is 0 Å². The topological polar surface area (TPSA) is 91.3 Å². The summed E-state index contributed by atoms with van der Waals surface area (Å²) in [5.41, 5.74) is 0.125. The van der Waals surface area contributed by atoms with E-state index in [-0.39, 0.29) is 5.56 Å². The smallest absolute Gasteiger partial charge is 0.339 e. The van der Waals surface area contributed by atoms with Crippen LogP contribution in [0.25, 0.3) is 0 Å². The molecule has 0 saturated carbocycles. The molecule has 0 spiro atoms. The van der Waals surface area contributed by atoms with Gasteiger partial charge in [0, 0.05) is 0 Å². The maximum absolute atomic E-state index is 11.7. The van der Waals surface area contributed by atoms with E-state index in [1.54, 1.807) is 0 Å². The normalized spacial score (nSPS) is 11.6. The first kappa shape index (κ1) is 15.3. The third-order valence-corrected chi connectivity index (χ3v) is 2.51. The first-order valence-electron chi connectivity index (χ1n) is 5.08. The van der Waals surface area contributed by atoms with Gasteiger partial charge < -0.3 is 23.5 Å². The van der Waals surface area contributed by atoms with Gasteiger partial charge in [0.2, 0.25) is 5.75 Å². The van der Waals surface area contributed by atoms with Crippen LogP contribution in [0.5, 0.6) is 17.2 Å². The van der Waals surface area contributed by atoms with Crippen LogP contribution >= 0.6 is 0 Å². The fourth-order valence-electron chi connectivity index (χ4n) is 1.39. The van der Waals surface area contributed by atoms with Gasteiger partial charge >= 0.3 is 5.97 Å². The van der Waals surface area contributed by atoms with Crippen molar-refractivity contribution in [1.82, 2.24) is 0 Å². The van der Waals surface area contributed by atoms with Crippen molar-refractivity contribution in [2.45, 2.75) is 0 Å². The number of hydrogen-bond acceptors (Lipinski definition) is 6. The highest BCUT2D eigenvalue weighted by Crippen LogP contribution is 2.38. The van der Waals surface area contributed by atoms with E-state index in [2.05, 4.69) is 4.74 Å². The maximum Gasteiger partial charge on any atom is 0.339 e. The number of benzene rings is 1. The van der Waals surface area contributed by atoms with Crippen LogP contribution in [0.15, 0.2) is 12.1 Å². The largest absolute Gasteiger partial charge is 0.493 e. The number of esters is 1. The van der Waals surface area contributed by atoms with Crippen LogP contribution in [-0.2, 0) is 15.8 Å². The molecule has 0 bridgehead atoms. The zero-order valence-electron chi connectivity index (χ0n) is 10.7. The number of hydrogen-bond donors (Lipinski definition) is 1. The Balaban J connectivity index is 3.08. The molecule has 0 aliphatic rings. The van der Waals surface area contributed by atoms with Crippen molar-refractivity contribution in [3.05, 3.63) is 17.7 Å². The molecule has 7 nitrogen and oxygen atoms in total. The van der Waals surface area contributed by atoms with Crippen molar-refractivity contribution >= 4 is 17.0 Å². The summed E-state index contributed by atoms with van der Waals surface area (Å²) >= 11 is -2.21. The van der Waals surface area contributed by atoms with E-state index in [9.17, 15) is 9.00 Å². The Morgan fingerprint density at radius 3 is 2.05 bits per heavy atom. The lowest BCUT2D eigenvalue weighted by Crippen LogP contribution is -2.10. The number of methoxy groups -OCH3 is 3. The second-order valence-corrected chi connectivity index (χ2v) is 4.16. The van der Waals surface area contributed by atoms with Crippen molar-refractivity contribution in [2.75, 3.05) is 27.3 Å². The highest BCUT2D eigenvalue weighted by Gasteiger charge is 2.18. The molecule has 1 rings (SSSR count). The zero-order valence-corrected chi connectivity index (χ0v) is 11.5. The number of carbonyl (C=O) groups excluding carboxylic acids is 1. The molecule has 1 aromatic rings. The van der Waals surface area contributed by atoms with Gasteiger partial charge in [0.15, 0.2) is 28.5 Å². The average molecular weight is 290 g/mol. The molecule has 0 aliphatic carbocycles. The summed E-state index contributed by atoms with van der Waals surface area (Å²) in [6.45, 7) is 0. The Morgan fingerprint density at radius 1 is 1.16 bits per heavy atom. The predicted octanol–water partition coefficient (Wildman–Crippen LogP) is 1.05. The number of ether oxygens (including phenoxy) is 4. The molecule has 1 unspecified atom stereocenters. The average Bonchev–Trinajstić information content (AvgIpc) is 2.42. The van der Waals surface area contributed by atoms with E-state index < -0.39 is 23.0 Å². The van der Waals surface area contributed by atoms with Crippen LogP contribution < -0.4 is 14.2 Å². The van der Waals surface area contributed by atoms with Crippen molar-refractivity contribution in [3.8, 4) is 17.2 Å². The Bertz CT molecular complexity index is 461. The lowest BCUT2D eigenvalue weighted by Gasteiger charge is -2.13. The van der Waals surface area contributed by atoms with Gasteiger partial charge in [-0.1, -0.05) is 0 Å². The molecule has 0 fully saturated rings. The Labute approximate surface area is 112 Å². The first-order valence-corrected chi connectivity index (χ1v) is 6.35. The van der Waals surface area contributed by atoms with Gasteiger partial charge in [0.25, 0.3) is 0 Å². The summed E-state index contributed by atoms with van der Waals surface area (Å²) in [4.78, 5) is 11.7. The standard InChI is InChI=1S/C11H14O7S/c1-15-8-4-7(11(12)18-6-19(13)14)5-9(16-2)10(8)17-3/h4-5H,6H2,1-3H3,(H,13,14). The fourth-order valence-corrected chi connectivity index (χ4v) is 1.59. The van der Waals surface area contributed by atoms with Crippen LogP contribution in [0.4, 0.5) is 0 Å². The van der Waals surface area contributed by atoms with Crippen LogP contribution in [0.2, 0.25) is 0 Å². The Hall–Kier alpha value is -1.80. The van der Waals surface area contributed by atoms with E-state index in [1.165, 1.54) is 33.5 Å². The molecule has 19 heavy (non-hydrogen) atoms. The van der Waals surface area contributed by atoms with Crippen molar-refractivity contribution in [1.29, 1.82) is 0 Å². The van der Waals surface area contributed by atoms with E-state index in [0.717, 1.165) is 0 Å². The lowest BCUT2D eigenvalue weighted by atomic mass is 10.2. The highest BCUT2D eigenvalue weighted by molar-refractivity contribution is 7.79. The molecule has 0 radical (unpaired) electrons. The second kappa shape index (κ2) is 6.95. The molecule has 0 aromatic heterocycles. The lowest BCUT2D eigenvalue weighted by molar-refractivity contribution is 0.0569. The molecule has 0 saturated heterocycles. The van der Waals surface area contributed by atoms with E-state index >= 15 is 0 Å². The SMILES string of the molecule is COc1cc(C(=O)OCS(=O)O)cc(OC)c1OC. The summed E-state index contributed by atoms with van der Waals surface area (Å²) in [6, 6.07) is 2.79. The summed E-state index contributed by atoms with van der Waals surface area (Å²) in [6.07, 6.45) is 0. The predicted molar refractivity (Wildman–Crippen MR) is 67.2 cm³/mol. The van der Waals surface area contributed by atoms with Crippen LogP contribution in [0.1, 0.15) is 10.4 Å². The molecule has 1 aromatic carbocycles. The zero-order chi connectivity index (χ0) is 14.4. The fraction of sp³-hybridized carbons (Fsp3) is 0.364. The molecule has 8 heteroatoms. The molecule has 0 amide bonds. The van der Waals surface area contributed by atoms with Crippen LogP contribution in [-0.4, -0.2) is 42.0 Å². The van der Waals surface area contributed by atoms with Crippen LogP contribution in [0.3, 0.4) is 0 Å². The van der Waals surface area contributed by atoms with Crippen molar-refractivity contribution in [2.24, 2.45) is 0 Å². The van der Waals surface area contributed by atoms with Gasteiger partial charge in [-0.05, 0) is 12.1 Å². The summed E-state index contributed by atoms with van der Waals surface area (Å²) < 4.78 is 38.9. The summed E-state index contributed by atoms with van der Waals surface area (Å²) in [5, 5.41) is 0. The number of carbonyl (C=O) groups is 1.